The maximum absolute atomic E-state index is 12.5. The van der Waals surface area contributed by atoms with E-state index in [0.29, 0.717) is 29.4 Å². The van der Waals surface area contributed by atoms with Crippen LogP contribution < -0.4 is 14.2 Å². The molecule has 0 saturated carbocycles. The Labute approximate surface area is 185 Å². The van der Waals surface area contributed by atoms with Gasteiger partial charge in [-0.25, -0.2) is 4.79 Å². The van der Waals surface area contributed by atoms with Crippen molar-refractivity contribution >= 4 is 5.97 Å². The quantitative estimate of drug-likeness (QED) is 0.302. The average molecular weight is 435 g/mol. The third-order valence-corrected chi connectivity index (χ3v) is 5.16. The highest BCUT2D eigenvalue weighted by atomic mass is 16.5. The number of aliphatic hydroxyl groups is 1. The summed E-state index contributed by atoms with van der Waals surface area (Å²) < 4.78 is 21.6. The predicted molar refractivity (Wildman–Crippen MR) is 118 cm³/mol. The summed E-state index contributed by atoms with van der Waals surface area (Å²) in [6.45, 7) is 6.54. The zero-order valence-electron chi connectivity index (χ0n) is 18.6. The molecule has 2 rings (SSSR count). The number of hydrogen-bond donors (Lipinski definition) is 1. The highest BCUT2D eigenvalue weighted by Gasteiger charge is 2.19. The van der Waals surface area contributed by atoms with Crippen LogP contribution in [0.25, 0.3) is 0 Å². The van der Waals surface area contributed by atoms with Crippen molar-refractivity contribution in [1.82, 2.24) is 9.80 Å². The zero-order valence-corrected chi connectivity index (χ0v) is 18.6. The molecule has 172 valence electrons. The first-order valence-electron chi connectivity index (χ1n) is 10.7. The van der Waals surface area contributed by atoms with Crippen molar-refractivity contribution in [2.45, 2.75) is 19.3 Å². The van der Waals surface area contributed by atoms with Gasteiger partial charge in [0.25, 0.3) is 0 Å². The van der Waals surface area contributed by atoms with E-state index in [-0.39, 0.29) is 13.2 Å². The van der Waals surface area contributed by atoms with Gasteiger partial charge in [0.2, 0.25) is 5.75 Å². The van der Waals surface area contributed by atoms with Crippen LogP contribution in [0.15, 0.2) is 12.1 Å². The average Bonchev–Trinajstić information content (AvgIpc) is 3.03. The molecule has 0 radical (unpaired) electrons. The summed E-state index contributed by atoms with van der Waals surface area (Å²) in [5.74, 6) is 3.03. The van der Waals surface area contributed by atoms with Gasteiger partial charge in [-0.05, 0) is 44.5 Å². The van der Waals surface area contributed by atoms with Crippen molar-refractivity contribution in [2.75, 3.05) is 73.3 Å². The number of carbonyl (C=O) groups is 1. The van der Waals surface area contributed by atoms with E-state index in [4.69, 9.17) is 30.5 Å². The lowest BCUT2D eigenvalue weighted by Gasteiger charge is -2.21. The van der Waals surface area contributed by atoms with Gasteiger partial charge in [-0.3, -0.25) is 0 Å². The Hall–Kier alpha value is -2.47. The van der Waals surface area contributed by atoms with Gasteiger partial charge in [0.1, 0.15) is 6.61 Å². The first-order chi connectivity index (χ1) is 15.1. The minimum absolute atomic E-state index is 0.0469. The number of hydrogen-bond acceptors (Lipinski definition) is 8. The predicted octanol–water partition coefficient (Wildman–Crippen LogP) is 1.65. The Morgan fingerprint density at radius 3 is 2.35 bits per heavy atom. The molecule has 1 aromatic rings. The van der Waals surface area contributed by atoms with Gasteiger partial charge in [0.05, 0.1) is 26.4 Å². The van der Waals surface area contributed by atoms with Crippen LogP contribution >= 0.6 is 0 Å². The van der Waals surface area contributed by atoms with Crippen LogP contribution in [-0.4, -0.2) is 94.2 Å². The fourth-order valence-corrected chi connectivity index (χ4v) is 3.58. The van der Waals surface area contributed by atoms with Crippen LogP contribution in [0.1, 0.15) is 29.6 Å². The molecular formula is C23H34N2O6. The molecule has 1 fully saturated rings. The number of benzene rings is 1. The summed E-state index contributed by atoms with van der Waals surface area (Å²) in [6, 6.07) is 3.12. The molecule has 0 aromatic heterocycles. The molecule has 1 heterocycles. The molecule has 0 amide bonds. The van der Waals surface area contributed by atoms with Gasteiger partial charge in [-0.15, -0.1) is 6.42 Å². The van der Waals surface area contributed by atoms with Gasteiger partial charge in [-0.1, -0.05) is 5.92 Å². The first-order valence-corrected chi connectivity index (χ1v) is 10.7. The van der Waals surface area contributed by atoms with E-state index in [0.717, 1.165) is 58.5 Å². The van der Waals surface area contributed by atoms with Gasteiger partial charge >= 0.3 is 5.97 Å². The number of nitrogens with zero attached hydrogens (tertiary/aromatic N) is 2. The van der Waals surface area contributed by atoms with Crippen LogP contribution in [-0.2, 0) is 4.74 Å². The SMILES string of the molecule is C#CCOc1cc(C(=O)OCCCN2CCCN(CCCO)CC2)cc(OC)c1OC. The van der Waals surface area contributed by atoms with Crippen molar-refractivity contribution < 1.29 is 28.8 Å². The summed E-state index contributed by atoms with van der Waals surface area (Å²) in [5, 5.41) is 8.99. The lowest BCUT2D eigenvalue weighted by Crippen LogP contribution is -2.32. The highest BCUT2D eigenvalue weighted by molar-refractivity contribution is 5.91. The van der Waals surface area contributed by atoms with Crippen molar-refractivity contribution in [3.8, 4) is 29.6 Å². The second kappa shape index (κ2) is 13.8. The first kappa shape index (κ1) is 24.8. The van der Waals surface area contributed by atoms with Crippen LogP contribution in [0, 0.1) is 12.3 Å². The molecule has 1 N–H and O–H groups in total. The number of ether oxygens (including phenoxy) is 4. The van der Waals surface area contributed by atoms with Crippen molar-refractivity contribution in [1.29, 1.82) is 0 Å². The number of terminal acetylenes is 1. The minimum atomic E-state index is -0.447. The number of carbonyl (C=O) groups excluding carboxylic acids is 1. The van der Waals surface area contributed by atoms with E-state index >= 15 is 0 Å². The molecule has 0 atom stereocenters. The van der Waals surface area contributed by atoms with E-state index in [1.165, 1.54) is 14.2 Å². The van der Waals surface area contributed by atoms with Crippen LogP contribution in [0.4, 0.5) is 0 Å². The van der Waals surface area contributed by atoms with Crippen LogP contribution in [0.2, 0.25) is 0 Å². The molecule has 1 saturated heterocycles. The fraction of sp³-hybridized carbons (Fsp3) is 0.609. The smallest absolute Gasteiger partial charge is 0.338 e. The van der Waals surface area contributed by atoms with E-state index in [9.17, 15) is 4.79 Å². The standard InChI is InChI=1S/C23H34N2O6/c1-4-15-30-21-18-19(17-20(28-2)22(21)29-3)23(27)31-16-7-11-25-9-5-8-24(12-13-25)10-6-14-26/h1,17-18,26H,5-16H2,2-3H3. The Kier molecular flexibility index (Phi) is 11.0. The minimum Gasteiger partial charge on any atom is -0.493 e. The third kappa shape index (κ3) is 7.94. The van der Waals surface area contributed by atoms with Crippen LogP contribution in [0.3, 0.4) is 0 Å². The van der Waals surface area contributed by atoms with Gasteiger partial charge in [0, 0.05) is 32.8 Å². The Morgan fingerprint density at radius 2 is 1.74 bits per heavy atom. The fourth-order valence-electron chi connectivity index (χ4n) is 3.58. The molecule has 1 aliphatic rings. The van der Waals surface area contributed by atoms with E-state index in [2.05, 4.69) is 15.7 Å². The summed E-state index contributed by atoms with van der Waals surface area (Å²) >= 11 is 0. The molecule has 31 heavy (non-hydrogen) atoms. The molecule has 0 aliphatic carbocycles. The molecule has 0 spiro atoms. The lowest BCUT2D eigenvalue weighted by atomic mass is 10.2. The largest absolute Gasteiger partial charge is 0.493 e. The number of aliphatic hydroxyl groups excluding tert-OH is 1. The third-order valence-electron chi connectivity index (χ3n) is 5.16. The van der Waals surface area contributed by atoms with E-state index in [1.54, 1.807) is 12.1 Å². The molecule has 8 nitrogen and oxygen atoms in total. The topological polar surface area (TPSA) is 80.7 Å². The Morgan fingerprint density at radius 1 is 1.06 bits per heavy atom. The monoisotopic (exact) mass is 434 g/mol. The maximum Gasteiger partial charge on any atom is 0.338 e. The highest BCUT2D eigenvalue weighted by Crippen LogP contribution is 2.38. The summed E-state index contributed by atoms with van der Waals surface area (Å²) in [5.41, 5.74) is 0.318. The lowest BCUT2D eigenvalue weighted by molar-refractivity contribution is 0.0487. The van der Waals surface area contributed by atoms with Crippen LogP contribution in [0.5, 0.6) is 17.2 Å². The summed E-state index contributed by atoms with van der Waals surface area (Å²) in [7, 11) is 2.98. The van der Waals surface area contributed by atoms with Gasteiger partial charge < -0.3 is 33.9 Å². The van der Waals surface area contributed by atoms with Crippen molar-refractivity contribution in [3.05, 3.63) is 17.7 Å². The number of methoxy groups -OCH3 is 2. The number of esters is 1. The zero-order chi connectivity index (χ0) is 22.5. The second-order valence-electron chi connectivity index (χ2n) is 7.31. The molecule has 8 heteroatoms. The molecular weight excluding hydrogens is 400 g/mol. The van der Waals surface area contributed by atoms with E-state index < -0.39 is 5.97 Å². The number of rotatable bonds is 12. The molecule has 1 aromatic carbocycles. The van der Waals surface area contributed by atoms with Gasteiger partial charge in [0.15, 0.2) is 11.5 Å². The summed E-state index contributed by atoms with van der Waals surface area (Å²) in [6.07, 6.45) is 7.95. The van der Waals surface area contributed by atoms with Gasteiger partial charge in [-0.2, -0.15) is 0 Å². The maximum atomic E-state index is 12.5. The normalized spacial score (nSPS) is 15.0. The van der Waals surface area contributed by atoms with E-state index in [1.807, 2.05) is 0 Å². The molecule has 1 aliphatic heterocycles. The molecule has 0 bridgehead atoms. The van der Waals surface area contributed by atoms with Crippen molar-refractivity contribution in [3.63, 3.8) is 0 Å². The second-order valence-corrected chi connectivity index (χ2v) is 7.31. The summed E-state index contributed by atoms with van der Waals surface area (Å²) in [4.78, 5) is 17.3. The Bertz CT molecular complexity index is 734. The van der Waals surface area contributed by atoms with Crippen molar-refractivity contribution in [2.24, 2.45) is 0 Å². The Balaban J connectivity index is 1.83. The molecule has 0 unspecified atom stereocenters.